The fourth-order valence-corrected chi connectivity index (χ4v) is 2.59. The number of nitrogens with one attached hydrogen (secondary N) is 1. The Morgan fingerprint density at radius 1 is 1.14 bits per heavy atom. The molecular weight excluding hydrogens is 378 g/mol. The number of anilines is 1. The van der Waals surface area contributed by atoms with E-state index in [0.29, 0.717) is 5.69 Å². The van der Waals surface area contributed by atoms with E-state index in [1.54, 1.807) is 6.92 Å². The molecule has 1 aromatic heterocycles. The molecule has 3 aromatic rings. The van der Waals surface area contributed by atoms with Crippen LogP contribution < -0.4 is 10.1 Å². The minimum Gasteiger partial charge on any atom is -0.497 e. The highest BCUT2D eigenvalue weighted by Crippen LogP contribution is 2.31. The number of hydrogen-bond acceptors (Lipinski definition) is 3. The molecule has 0 saturated carbocycles. The minimum atomic E-state index is -4.52. The highest BCUT2D eigenvalue weighted by atomic mass is 19.4. The van der Waals surface area contributed by atoms with Crippen LogP contribution in [0, 0.1) is 12.7 Å². The molecule has 1 amide bonds. The average molecular weight is 393 g/mol. The molecule has 0 radical (unpaired) electrons. The van der Waals surface area contributed by atoms with E-state index < -0.39 is 23.5 Å². The van der Waals surface area contributed by atoms with Crippen LogP contribution in [0.3, 0.4) is 0 Å². The Kier molecular flexibility index (Phi) is 5.08. The Bertz CT molecular complexity index is 1030. The maximum atomic E-state index is 14.1. The number of aromatic nitrogens is 2. The zero-order valence-corrected chi connectivity index (χ0v) is 14.8. The predicted octanol–water partition coefficient (Wildman–Crippen LogP) is 4.60. The standard InChI is InChI=1S/C19H15F4N3O2/c1-11-8-17(24-18(27)15-7-6-14(28-2)10-16(15)20)26(25-11)13-5-3-4-12(9-13)19(21,22)23/h3-10H,1-2H3,(H,24,27). The van der Waals surface area contributed by atoms with Gasteiger partial charge in [-0.15, -0.1) is 0 Å². The first-order chi connectivity index (χ1) is 13.2. The molecule has 0 bridgehead atoms. The second kappa shape index (κ2) is 7.34. The lowest BCUT2D eigenvalue weighted by Crippen LogP contribution is -2.17. The first-order valence-corrected chi connectivity index (χ1v) is 8.08. The summed E-state index contributed by atoms with van der Waals surface area (Å²) >= 11 is 0. The Balaban J connectivity index is 1.94. The molecule has 0 fully saturated rings. The Morgan fingerprint density at radius 3 is 2.54 bits per heavy atom. The molecule has 0 aliphatic rings. The molecule has 0 aliphatic carbocycles. The summed E-state index contributed by atoms with van der Waals surface area (Å²) in [4.78, 5) is 12.4. The Morgan fingerprint density at radius 2 is 1.89 bits per heavy atom. The van der Waals surface area contributed by atoms with Crippen LogP contribution in [0.2, 0.25) is 0 Å². The molecule has 146 valence electrons. The van der Waals surface area contributed by atoms with Crippen LogP contribution in [0.15, 0.2) is 48.5 Å². The summed E-state index contributed by atoms with van der Waals surface area (Å²) in [6.45, 7) is 1.62. The van der Waals surface area contributed by atoms with Gasteiger partial charge in [-0.25, -0.2) is 9.07 Å². The molecular formula is C19H15F4N3O2. The minimum absolute atomic E-state index is 0.105. The van der Waals surface area contributed by atoms with E-state index in [4.69, 9.17) is 4.74 Å². The van der Waals surface area contributed by atoms with Crippen molar-refractivity contribution in [3.05, 3.63) is 71.2 Å². The lowest BCUT2D eigenvalue weighted by Gasteiger charge is -2.12. The highest BCUT2D eigenvalue weighted by Gasteiger charge is 2.30. The molecule has 0 spiro atoms. The van der Waals surface area contributed by atoms with E-state index in [1.807, 2.05) is 0 Å². The fourth-order valence-electron chi connectivity index (χ4n) is 2.59. The van der Waals surface area contributed by atoms with Crippen molar-refractivity contribution in [2.24, 2.45) is 0 Å². The lowest BCUT2D eigenvalue weighted by molar-refractivity contribution is -0.137. The summed E-state index contributed by atoms with van der Waals surface area (Å²) < 4.78 is 59.1. The van der Waals surface area contributed by atoms with Gasteiger partial charge in [0.25, 0.3) is 5.91 Å². The molecule has 0 saturated heterocycles. The van der Waals surface area contributed by atoms with Gasteiger partial charge in [0.1, 0.15) is 17.4 Å². The van der Waals surface area contributed by atoms with Crippen LogP contribution in [-0.2, 0) is 6.18 Å². The largest absolute Gasteiger partial charge is 0.497 e. The Hall–Kier alpha value is -3.36. The maximum Gasteiger partial charge on any atom is 0.416 e. The number of aryl methyl sites for hydroxylation is 1. The second-order valence-corrected chi connectivity index (χ2v) is 5.93. The molecule has 0 aliphatic heterocycles. The number of carbonyl (C=O) groups is 1. The van der Waals surface area contributed by atoms with Crippen molar-refractivity contribution in [3.63, 3.8) is 0 Å². The molecule has 28 heavy (non-hydrogen) atoms. The number of amides is 1. The zero-order valence-electron chi connectivity index (χ0n) is 14.8. The number of ether oxygens (including phenoxy) is 1. The van der Waals surface area contributed by atoms with Crippen molar-refractivity contribution < 1.29 is 27.1 Å². The van der Waals surface area contributed by atoms with E-state index in [-0.39, 0.29) is 22.8 Å². The summed E-state index contributed by atoms with van der Waals surface area (Å²) in [5, 5.41) is 6.60. The molecule has 9 heteroatoms. The first-order valence-electron chi connectivity index (χ1n) is 8.08. The molecule has 0 atom stereocenters. The lowest BCUT2D eigenvalue weighted by atomic mass is 10.2. The van der Waals surface area contributed by atoms with Gasteiger partial charge >= 0.3 is 6.18 Å². The van der Waals surface area contributed by atoms with Crippen LogP contribution in [0.25, 0.3) is 5.69 Å². The van der Waals surface area contributed by atoms with Gasteiger partial charge in [-0.05, 0) is 37.3 Å². The topological polar surface area (TPSA) is 56.1 Å². The van der Waals surface area contributed by atoms with Crippen LogP contribution in [-0.4, -0.2) is 22.8 Å². The zero-order chi connectivity index (χ0) is 20.5. The van der Waals surface area contributed by atoms with Gasteiger partial charge in [-0.2, -0.15) is 18.3 Å². The number of rotatable bonds is 4. The Labute approximate surface area is 157 Å². The third kappa shape index (κ3) is 3.98. The van der Waals surface area contributed by atoms with Gasteiger partial charge in [0.05, 0.1) is 29.6 Å². The normalized spacial score (nSPS) is 11.4. The SMILES string of the molecule is COc1ccc(C(=O)Nc2cc(C)nn2-c2cccc(C(F)(F)F)c2)c(F)c1. The van der Waals surface area contributed by atoms with Crippen LogP contribution in [0.5, 0.6) is 5.75 Å². The van der Waals surface area contributed by atoms with Gasteiger partial charge in [0.15, 0.2) is 0 Å². The molecule has 0 unspecified atom stereocenters. The van der Waals surface area contributed by atoms with Gasteiger partial charge in [0.2, 0.25) is 0 Å². The van der Waals surface area contributed by atoms with Crippen molar-refractivity contribution >= 4 is 11.7 Å². The summed E-state index contributed by atoms with van der Waals surface area (Å²) in [6.07, 6.45) is -4.52. The fraction of sp³-hybridized carbons (Fsp3) is 0.158. The van der Waals surface area contributed by atoms with Crippen LogP contribution in [0.1, 0.15) is 21.6 Å². The number of nitrogens with zero attached hydrogens (tertiary/aromatic N) is 2. The smallest absolute Gasteiger partial charge is 0.416 e. The summed E-state index contributed by atoms with van der Waals surface area (Å²) in [6, 6.07) is 9.72. The van der Waals surface area contributed by atoms with Gasteiger partial charge in [-0.3, -0.25) is 4.79 Å². The van der Waals surface area contributed by atoms with Crippen molar-refractivity contribution in [2.45, 2.75) is 13.1 Å². The summed E-state index contributed by atoms with van der Waals surface area (Å²) in [7, 11) is 1.37. The van der Waals surface area contributed by atoms with Gasteiger partial charge in [-0.1, -0.05) is 6.07 Å². The van der Waals surface area contributed by atoms with Crippen molar-refractivity contribution in [1.29, 1.82) is 0 Å². The monoisotopic (exact) mass is 393 g/mol. The molecule has 2 aromatic carbocycles. The maximum absolute atomic E-state index is 14.1. The van der Waals surface area contributed by atoms with E-state index in [1.165, 1.54) is 37.4 Å². The number of alkyl halides is 3. The van der Waals surface area contributed by atoms with E-state index in [0.717, 1.165) is 22.9 Å². The first kappa shape index (κ1) is 19.4. The van der Waals surface area contributed by atoms with Crippen molar-refractivity contribution in [3.8, 4) is 11.4 Å². The molecule has 3 rings (SSSR count). The number of hydrogen-bond donors (Lipinski definition) is 1. The third-order valence-corrected chi connectivity index (χ3v) is 3.91. The average Bonchev–Trinajstić information content (AvgIpc) is 3.01. The third-order valence-electron chi connectivity index (χ3n) is 3.91. The number of carbonyl (C=O) groups excluding carboxylic acids is 1. The molecule has 5 nitrogen and oxygen atoms in total. The van der Waals surface area contributed by atoms with E-state index in [2.05, 4.69) is 10.4 Å². The van der Waals surface area contributed by atoms with Crippen LogP contribution >= 0.6 is 0 Å². The highest BCUT2D eigenvalue weighted by molar-refractivity contribution is 6.04. The number of methoxy groups -OCH3 is 1. The number of benzene rings is 2. The quantitative estimate of drug-likeness (QED) is 0.659. The predicted molar refractivity (Wildman–Crippen MR) is 94.2 cm³/mol. The van der Waals surface area contributed by atoms with Gasteiger partial charge in [0, 0.05) is 12.1 Å². The summed E-state index contributed by atoms with van der Waals surface area (Å²) in [5.74, 6) is -1.21. The van der Waals surface area contributed by atoms with E-state index >= 15 is 0 Å². The second-order valence-electron chi connectivity index (χ2n) is 5.93. The van der Waals surface area contributed by atoms with E-state index in [9.17, 15) is 22.4 Å². The molecule has 1 heterocycles. The van der Waals surface area contributed by atoms with Crippen LogP contribution in [0.4, 0.5) is 23.4 Å². The van der Waals surface area contributed by atoms with Gasteiger partial charge < -0.3 is 10.1 Å². The molecule has 1 N–H and O–H groups in total. The van der Waals surface area contributed by atoms with Crippen molar-refractivity contribution in [2.75, 3.05) is 12.4 Å². The summed E-state index contributed by atoms with van der Waals surface area (Å²) in [5.41, 5.74) is -0.525. The number of halogens is 4. The van der Waals surface area contributed by atoms with Crippen molar-refractivity contribution in [1.82, 2.24) is 9.78 Å².